The van der Waals surface area contributed by atoms with Crippen molar-refractivity contribution in [1.29, 1.82) is 0 Å². The van der Waals surface area contributed by atoms with Crippen molar-refractivity contribution in [2.24, 2.45) is 0 Å². The zero-order valence-corrected chi connectivity index (χ0v) is 16.6. The third-order valence-electron chi connectivity index (χ3n) is 5.01. The number of benzene rings is 3. The molecule has 0 atom stereocenters. The molecule has 3 aromatic rings. The summed E-state index contributed by atoms with van der Waals surface area (Å²) in [7, 11) is 1.43. The van der Waals surface area contributed by atoms with E-state index in [4.69, 9.17) is 4.74 Å². The number of halogens is 6. The van der Waals surface area contributed by atoms with E-state index in [9.17, 15) is 26.3 Å². The summed E-state index contributed by atoms with van der Waals surface area (Å²) in [6.45, 7) is -0.141. The van der Waals surface area contributed by atoms with E-state index in [1.54, 1.807) is 18.2 Å². The van der Waals surface area contributed by atoms with Crippen LogP contribution in [0.5, 0.6) is 5.75 Å². The number of rotatable bonds is 4. The fourth-order valence-electron chi connectivity index (χ4n) is 3.53. The number of alkyl halides is 3. The molecule has 0 bridgehead atoms. The fourth-order valence-corrected chi connectivity index (χ4v) is 3.53. The van der Waals surface area contributed by atoms with Crippen LogP contribution >= 0.6 is 0 Å². The average molecular weight is 450 g/mol. The lowest BCUT2D eigenvalue weighted by atomic mass is 10.0. The van der Waals surface area contributed by atoms with Crippen LogP contribution < -0.4 is 15.2 Å². The van der Waals surface area contributed by atoms with Gasteiger partial charge in [-0.1, -0.05) is 24.3 Å². The second-order valence-corrected chi connectivity index (χ2v) is 7.05. The molecule has 0 spiro atoms. The van der Waals surface area contributed by atoms with E-state index in [0.29, 0.717) is 23.1 Å². The first-order chi connectivity index (χ1) is 15.2. The van der Waals surface area contributed by atoms with E-state index in [1.165, 1.54) is 30.3 Å². The molecule has 1 aliphatic heterocycles. The van der Waals surface area contributed by atoms with E-state index in [-0.39, 0.29) is 23.4 Å². The zero-order chi connectivity index (χ0) is 23.0. The van der Waals surface area contributed by atoms with Gasteiger partial charge in [0.05, 0.1) is 24.9 Å². The highest BCUT2D eigenvalue weighted by molar-refractivity contribution is 5.90. The van der Waals surface area contributed by atoms with E-state index in [0.717, 1.165) is 18.2 Å². The highest BCUT2D eigenvalue weighted by Gasteiger charge is 2.36. The Balaban J connectivity index is 1.82. The Morgan fingerprint density at radius 2 is 1.72 bits per heavy atom. The number of anilines is 1. The SMILES string of the molecule is COc1cccc2c1N(Cc1ccc(F)cc1F)NC(c1cccc(C(F)(F)F)c1F)=C2. The van der Waals surface area contributed by atoms with Gasteiger partial charge in [0, 0.05) is 22.8 Å². The third kappa shape index (κ3) is 3.98. The number of hydrogen-bond donors (Lipinski definition) is 1. The molecule has 0 saturated carbocycles. The van der Waals surface area contributed by atoms with Gasteiger partial charge in [0.15, 0.2) is 0 Å². The van der Waals surface area contributed by atoms with Crippen molar-refractivity contribution < 1.29 is 31.1 Å². The number of nitrogens with one attached hydrogen (secondary N) is 1. The van der Waals surface area contributed by atoms with Crippen molar-refractivity contribution in [3.63, 3.8) is 0 Å². The summed E-state index contributed by atoms with van der Waals surface area (Å²) in [6.07, 6.45) is -3.39. The lowest BCUT2D eigenvalue weighted by Crippen LogP contribution is -2.39. The Morgan fingerprint density at radius 1 is 0.969 bits per heavy atom. The molecule has 0 unspecified atom stereocenters. The maximum absolute atomic E-state index is 14.8. The number of hydrazine groups is 1. The first-order valence-corrected chi connectivity index (χ1v) is 9.42. The average Bonchev–Trinajstić information content (AvgIpc) is 2.74. The van der Waals surface area contributed by atoms with Crippen LogP contribution in [-0.2, 0) is 12.7 Å². The monoisotopic (exact) mass is 450 g/mol. The minimum atomic E-state index is -4.87. The molecule has 0 radical (unpaired) electrons. The van der Waals surface area contributed by atoms with Gasteiger partial charge in [-0.15, -0.1) is 0 Å². The third-order valence-corrected chi connectivity index (χ3v) is 5.01. The summed E-state index contributed by atoms with van der Waals surface area (Å²) in [5.74, 6) is -2.58. The molecular weight excluding hydrogens is 434 g/mol. The summed E-state index contributed by atoms with van der Waals surface area (Å²) < 4.78 is 87.4. The van der Waals surface area contributed by atoms with E-state index < -0.39 is 29.2 Å². The van der Waals surface area contributed by atoms with Gasteiger partial charge >= 0.3 is 6.18 Å². The predicted octanol–water partition coefficient (Wildman–Crippen LogP) is 6.15. The van der Waals surface area contributed by atoms with E-state index >= 15 is 0 Å². The number of methoxy groups -OCH3 is 1. The molecule has 0 aliphatic carbocycles. The second-order valence-electron chi connectivity index (χ2n) is 7.05. The Labute approximate surface area is 179 Å². The van der Waals surface area contributed by atoms with E-state index in [2.05, 4.69) is 5.43 Å². The van der Waals surface area contributed by atoms with Crippen LogP contribution in [0.3, 0.4) is 0 Å². The molecule has 0 amide bonds. The maximum atomic E-state index is 14.8. The quantitative estimate of drug-likeness (QED) is 0.483. The van der Waals surface area contributed by atoms with Crippen molar-refractivity contribution in [3.05, 3.63) is 94.3 Å². The molecule has 9 heteroatoms. The minimum absolute atomic E-state index is 0.0388. The standard InChI is InChI=1S/C23H16F6N2O/c1-32-20-7-2-4-13-10-19(16-5-3-6-17(21(16)26)23(27,28)29)30-31(22(13)20)12-14-8-9-15(24)11-18(14)25/h2-11,30H,12H2,1H3. The lowest BCUT2D eigenvalue weighted by molar-refractivity contribution is -0.140. The number of hydrogen-bond acceptors (Lipinski definition) is 3. The van der Waals surface area contributed by atoms with Gasteiger partial charge in [-0.25, -0.2) is 13.2 Å². The van der Waals surface area contributed by atoms with Gasteiger partial charge in [0.25, 0.3) is 0 Å². The normalized spacial score (nSPS) is 13.3. The molecule has 4 rings (SSSR count). The molecule has 0 saturated heterocycles. The van der Waals surface area contributed by atoms with Gasteiger partial charge in [-0.05, 0) is 30.3 Å². The Bertz CT molecular complexity index is 1210. The largest absolute Gasteiger partial charge is 0.494 e. The molecule has 0 aromatic heterocycles. The molecule has 1 aliphatic rings. The minimum Gasteiger partial charge on any atom is -0.494 e. The number of nitrogens with zero attached hydrogens (tertiary/aromatic N) is 1. The molecule has 0 fully saturated rings. The van der Waals surface area contributed by atoms with E-state index in [1.807, 2.05) is 0 Å². The van der Waals surface area contributed by atoms with Gasteiger partial charge in [-0.3, -0.25) is 10.4 Å². The Kier molecular flexibility index (Phi) is 5.50. The molecule has 1 heterocycles. The second kappa shape index (κ2) is 8.14. The van der Waals surface area contributed by atoms with Crippen molar-refractivity contribution in [2.75, 3.05) is 12.1 Å². The van der Waals surface area contributed by atoms with Crippen molar-refractivity contribution in [3.8, 4) is 5.75 Å². The molecule has 3 aromatic carbocycles. The first-order valence-electron chi connectivity index (χ1n) is 9.42. The van der Waals surface area contributed by atoms with Crippen LogP contribution in [0.1, 0.15) is 22.3 Å². The van der Waals surface area contributed by atoms with Gasteiger partial charge in [0.2, 0.25) is 0 Å². The number of ether oxygens (including phenoxy) is 1. The van der Waals surface area contributed by atoms with Crippen LogP contribution in [0.15, 0.2) is 54.6 Å². The van der Waals surface area contributed by atoms with Crippen LogP contribution in [0.2, 0.25) is 0 Å². The summed E-state index contributed by atoms with van der Waals surface area (Å²) in [4.78, 5) is 0. The lowest BCUT2D eigenvalue weighted by Gasteiger charge is -2.34. The van der Waals surface area contributed by atoms with Crippen LogP contribution in [-0.4, -0.2) is 7.11 Å². The summed E-state index contributed by atoms with van der Waals surface area (Å²) >= 11 is 0. The molecule has 166 valence electrons. The molecule has 3 nitrogen and oxygen atoms in total. The zero-order valence-electron chi connectivity index (χ0n) is 16.6. The Morgan fingerprint density at radius 3 is 2.41 bits per heavy atom. The number of para-hydroxylation sites is 1. The van der Waals surface area contributed by atoms with Gasteiger partial charge in [-0.2, -0.15) is 13.2 Å². The number of fused-ring (bicyclic) bond motifs is 1. The predicted molar refractivity (Wildman–Crippen MR) is 108 cm³/mol. The first kappa shape index (κ1) is 21.6. The topological polar surface area (TPSA) is 24.5 Å². The summed E-state index contributed by atoms with van der Waals surface area (Å²) in [5.41, 5.74) is 2.28. The van der Waals surface area contributed by atoms with Crippen molar-refractivity contribution in [2.45, 2.75) is 12.7 Å². The van der Waals surface area contributed by atoms with Crippen LogP contribution in [0.4, 0.5) is 32.0 Å². The smallest absolute Gasteiger partial charge is 0.419 e. The highest BCUT2D eigenvalue weighted by atomic mass is 19.4. The Hall–Kier alpha value is -3.62. The summed E-state index contributed by atoms with van der Waals surface area (Å²) in [5, 5.41) is 1.42. The van der Waals surface area contributed by atoms with Gasteiger partial charge in [0.1, 0.15) is 28.9 Å². The maximum Gasteiger partial charge on any atom is 0.419 e. The van der Waals surface area contributed by atoms with Crippen LogP contribution in [0, 0.1) is 17.5 Å². The summed E-state index contributed by atoms with van der Waals surface area (Å²) in [6, 6.07) is 11.0. The van der Waals surface area contributed by atoms with Crippen molar-refractivity contribution in [1.82, 2.24) is 5.43 Å². The molecular formula is C23H16F6N2O. The molecule has 1 N–H and O–H groups in total. The van der Waals surface area contributed by atoms with Crippen LogP contribution in [0.25, 0.3) is 11.8 Å². The highest BCUT2D eigenvalue weighted by Crippen LogP contribution is 2.40. The van der Waals surface area contributed by atoms with Gasteiger partial charge < -0.3 is 4.74 Å². The fraction of sp³-hybridized carbons (Fsp3) is 0.130. The molecule has 32 heavy (non-hydrogen) atoms. The van der Waals surface area contributed by atoms with Crippen molar-refractivity contribution >= 4 is 17.5 Å².